The highest BCUT2D eigenvalue weighted by atomic mass is 16.6. The third-order valence-electron chi connectivity index (χ3n) is 4.59. The molecule has 0 bridgehead atoms. The number of hydrogen-bond donors (Lipinski definition) is 2. The average Bonchev–Trinajstić information content (AvgIpc) is 2.66. The summed E-state index contributed by atoms with van der Waals surface area (Å²) in [5, 5.41) is 12.7. The van der Waals surface area contributed by atoms with E-state index in [1.165, 1.54) is 5.56 Å². The van der Waals surface area contributed by atoms with Crippen molar-refractivity contribution in [1.29, 1.82) is 0 Å². The summed E-state index contributed by atoms with van der Waals surface area (Å²) in [6, 6.07) is 15.2. The number of nitrogens with zero attached hydrogens (tertiary/aromatic N) is 1. The van der Waals surface area contributed by atoms with Crippen LogP contribution in [0, 0.1) is 0 Å². The van der Waals surface area contributed by atoms with E-state index in [1.807, 2.05) is 12.1 Å². The maximum absolute atomic E-state index is 12.4. The number of rotatable bonds is 4. The first-order valence-corrected chi connectivity index (χ1v) is 8.65. The number of aryl methyl sites for hydroxylation is 1. The molecule has 0 saturated carbocycles. The third-order valence-corrected chi connectivity index (χ3v) is 4.59. The first-order chi connectivity index (χ1) is 12.5. The van der Waals surface area contributed by atoms with Crippen LogP contribution < -0.4 is 5.32 Å². The van der Waals surface area contributed by atoms with Gasteiger partial charge in [0.2, 0.25) is 0 Å². The highest BCUT2D eigenvalue weighted by molar-refractivity contribution is 5.95. The first kappa shape index (κ1) is 20.5. The molecule has 1 fully saturated rings. The number of nitrogens with one attached hydrogen (secondary N) is 1. The Balaban J connectivity index is 0.00000261. The Morgan fingerprint density at radius 1 is 1.15 bits per heavy atom. The van der Waals surface area contributed by atoms with E-state index in [-0.39, 0.29) is 19.9 Å². The monoisotopic (exact) mass is 370 g/mol. The lowest BCUT2D eigenvalue weighted by molar-refractivity contribution is -0.120. The Morgan fingerprint density at radius 2 is 1.70 bits per heavy atom. The maximum Gasteiger partial charge on any atom is 0.434 e. The van der Waals surface area contributed by atoms with Gasteiger partial charge >= 0.3 is 6.09 Å². The Labute approximate surface area is 159 Å². The van der Waals surface area contributed by atoms with E-state index >= 15 is 0 Å². The predicted molar refractivity (Wildman–Crippen MR) is 104 cm³/mol. The van der Waals surface area contributed by atoms with Crippen LogP contribution in [0.1, 0.15) is 37.2 Å². The minimum Gasteiger partial charge on any atom is -0.443 e. The topological polar surface area (TPSA) is 78.9 Å². The average molecular weight is 370 g/mol. The summed E-state index contributed by atoms with van der Waals surface area (Å²) in [6.45, 7) is 3.79. The molecule has 1 saturated heterocycles. The van der Waals surface area contributed by atoms with E-state index in [1.54, 1.807) is 19.1 Å². The second-order valence-electron chi connectivity index (χ2n) is 6.38. The van der Waals surface area contributed by atoms with Crippen molar-refractivity contribution in [2.75, 3.05) is 6.54 Å². The SMILES string of the molecule is C.CCc1ccc(-c2ccc(C(=O)N[C@@H]3CN(O)C(=O)O[C@@H]3C)cc2)cc1. The molecular formula is C21H26N2O4. The molecule has 3 rings (SSSR count). The van der Waals surface area contributed by atoms with Crippen molar-refractivity contribution in [3.8, 4) is 11.1 Å². The summed E-state index contributed by atoms with van der Waals surface area (Å²) in [7, 11) is 0. The quantitative estimate of drug-likeness (QED) is 0.801. The van der Waals surface area contributed by atoms with E-state index in [0.29, 0.717) is 10.6 Å². The van der Waals surface area contributed by atoms with Crippen LogP contribution in [0.4, 0.5) is 4.79 Å². The molecule has 0 aromatic heterocycles. The maximum atomic E-state index is 12.4. The van der Waals surface area contributed by atoms with Gasteiger partial charge in [-0.05, 0) is 42.2 Å². The molecule has 0 spiro atoms. The summed E-state index contributed by atoms with van der Waals surface area (Å²) in [6.07, 6.45) is -0.313. The summed E-state index contributed by atoms with van der Waals surface area (Å²) in [4.78, 5) is 23.7. The summed E-state index contributed by atoms with van der Waals surface area (Å²) >= 11 is 0. The number of hydroxylamine groups is 2. The van der Waals surface area contributed by atoms with Gasteiger partial charge in [-0.25, -0.2) is 4.79 Å². The van der Waals surface area contributed by atoms with Crippen LogP contribution in [-0.4, -0.2) is 41.0 Å². The van der Waals surface area contributed by atoms with Gasteiger partial charge in [0.05, 0.1) is 12.6 Å². The summed E-state index contributed by atoms with van der Waals surface area (Å²) in [5.74, 6) is -0.277. The van der Waals surface area contributed by atoms with Crippen molar-refractivity contribution in [3.05, 3.63) is 59.7 Å². The molecule has 0 unspecified atom stereocenters. The fourth-order valence-corrected chi connectivity index (χ4v) is 2.87. The number of ether oxygens (including phenoxy) is 1. The fraction of sp³-hybridized carbons (Fsp3) is 0.333. The number of carbonyl (C=O) groups is 2. The minimum atomic E-state index is -0.804. The van der Waals surface area contributed by atoms with Crippen molar-refractivity contribution in [2.24, 2.45) is 0 Å². The van der Waals surface area contributed by atoms with Crippen LogP contribution in [0.15, 0.2) is 48.5 Å². The summed E-state index contributed by atoms with van der Waals surface area (Å²) < 4.78 is 4.97. The zero-order valence-electron chi connectivity index (χ0n) is 14.8. The van der Waals surface area contributed by atoms with Crippen LogP contribution >= 0.6 is 0 Å². The second kappa shape index (κ2) is 8.68. The standard InChI is InChI=1S/C20H22N2O4.CH4/c1-3-14-4-6-15(7-5-14)16-8-10-17(11-9-16)19(23)21-18-12-22(25)20(24)26-13(18)2;/h4-11,13,18,25H,3,12H2,1-2H3,(H,21,23);1H4/t13-,18-;/m1./s1. The van der Waals surface area contributed by atoms with Crippen LogP contribution in [0.3, 0.4) is 0 Å². The molecular weight excluding hydrogens is 344 g/mol. The molecule has 0 radical (unpaired) electrons. The molecule has 0 aliphatic carbocycles. The van der Waals surface area contributed by atoms with Crippen LogP contribution in [0.5, 0.6) is 0 Å². The van der Waals surface area contributed by atoms with Gasteiger partial charge in [0.25, 0.3) is 5.91 Å². The minimum absolute atomic E-state index is 0. The van der Waals surface area contributed by atoms with E-state index in [0.717, 1.165) is 17.5 Å². The van der Waals surface area contributed by atoms with Crippen LogP contribution in [0.25, 0.3) is 11.1 Å². The Bertz CT molecular complexity index is 787. The van der Waals surface area contributed by atoms with Crippen LogP contribution in [-0.2, 0) is 11.2 Å². The van der Waals surface area contributed by atoms with Gasteiger partial charge in [-0.2, -0.15) is 5.06 Å². The number of hydrogen-bond acceptors (Lipinski definition) is 4. The molecule has 2 atom stereocenters. The molecule has 1 aliphatic heterocycles. The Kier molecular flexibility index (Phi) is 6.58. The largest absolute Gasteiger partial charge is 0.443 e. The van der Waals surface area contributed by atoms with Gasteiger partial charge in [-0.1, -0.05) is 50.7 Å². The lowest BCUT2D eigenvalue weighted by Crippen LogP contribution is -2.56. The molecule has 2 amide bonds. The first-order valence-electron chi connectivity index (χ1n) is 8.65. The van der Waals surface area contributed by atoms with Gasteiger partial charge < -0.3 is 10.1 Å². The Hall–Kier alpha value is -2.86. The van der Waals surface area contributed by atoms with E-state index in [9.17, 15) is 14.8 Å². The number of benzene rings is 2. The zero-order valence-corrected chi connectivity index (χ0v) is 14.8. The Morgan fingerprint density at radius 3 is 2.26 bits per heavy atom. The van der Waals surface area contributed by atoms with Crippen molar-refractivity contribution < 1.29 is 19.5 Å². The smallest absolute Gasteiger partial charge is 0.434 e. The highest BCUT2D eigenvalue weighted by Crippen LogP contribution is 2.21. The predicted octanol–water partition coefficient (Wildman–Crippen LogP) is 3.88. The fourth-order valence-electron chi connectivity index (χ4n) is 2.87. The second-order valence-corrected chi connectivity index (χ2v) is 6.38. The molecule has 2 aromatic rings. The van der Waals surface area contributed by atoms with Crippen molar-refractivity contribution in [1.82, 2.24) is 10.4 Å². The molecule has 1 heterocycles. The van der Waals surface area contributed by atoms with E-state index < -0.39 is 18.2 Å². The van der Waals surface area contributed by atoms with Crippen LogP contribution in [0.2, 0.25) is 0 Å². The highest BCUT2D eigenvalue weighted by Gasteiger charge is 2.33. The van der Waals surface area contributed by atoms with Gasteiger partial charge in [-0.15, -0.1) is 0 Å². The van der Waals surface area contributed by atoms with Gasteiger partial charge in [0.1, 0.15) is 6.10 Å². The van der Waals surface area contributed by atoms with Gasteiger partial charge in [0.15, 0.2) is 0 Å². The van der Waals surface area contributed by atoms with E-state index in [4.69, 9.17) is 4.74 Å². The normalized spacial score (nSPS) is 19.1. The molecule has 2 aromatic carbocycles. The lowest BCUT2D eigenvalue weighted by atomic mass is 10.0. The molecule has 27 heavy (non-hydrogen) atoms. The van der Waals surface area contributed by atoms with Crippen molar-refractivity contribution in [3.63, 3.8) is 0 Å². The van der Waals surface area contributed by atoms with E-state index in [2.05, 4.69) is 36.5 Å². The molecule has 144 valence electrons. The number of cyclic esters (lactones) is 1. The molecule has 2 N–H and O–H groups in total. The molecule has 6 heteroatoms. The lowest BCUT2D eigenvalue weighted by Gasteiger charge is -2.33. The number of amides is 2. The van der Waals surface area contributed by atoms with Crippen molar-refractivity contribution in [2.45, 2.75) is 39.8 Å². The number of carbonyl (C=O) groups excluding carboxylic acids is 2. The molecule has 1 aliphatic rings. The van der Waals surface area contributed by atoms with Crippen molar-refractivity contribution >= 4 is 12.0 Å². The molecule has 6 nitrogen and oxygen atoms in total. The zero-order chi connectivity index (χ0) is 18.7. The third kappa shape index (κ3) is 4.65. The summed E-state index contributed by atoms with van der Waals surface area (Å²) in [5.41, 5.74) is 3.92. The van der Waals surface area contributed by atoms with Gasteiger partial charge in [0, 0.05) is 5.56 Å². The van der Waals surface area contributed by atoms with Gasteiger partial charge in [-0.3, -0.25) is 10.0 Å².